The summed E-state index contributed by atoms with van der Waals surface area (Å²) in [6, 6.07) is 7.20. The number of ether oxygens (including phenoxy) is 1. The van der Waals surface area contributed by atoms with E-state index >= 15 is 0 Å². The van der Waals surface area contributed by atoms with Gasteiger partial charge in [-0.15, -0.1) is 0 Å². The highest BCUT2D eigenvalue weighted by molar-refractivity contribution is 7.10. The lowest BCUT2D eigenvalue weighted by molar-refractivity contribution is 0.0473. The van der Waals surface area contributed by atoms with Gasteiger partial charge < -0.3 is 10.5 Å². The minimum Gasteiger partial charge on any atom is -0.457 e. The molecule has 0 aliphatic rings. The van der Waals surface area contributed by atoms with E-state index in [9.17, 15) is 4.79 Å². The molecule has 0 radical (unpaired) electrons. The molecule has 0 unspecified atom stereocenters. The molecule has 0 spiro atoms. The van der Waals surface area contributed by atoms with Gasteiger partial charge in [-0.3, -0.25) is 0 Å². The van der Waals surface area contributed by atoms with Crippen LogP contribution in [0.3, 0.4) is 0 Å². The monoisotopic (exact) mass is 282 g/mol. The van der Waals surface area contributed by atoms with E-state index in [1.165, 1.54) is 0 Å². The number of nitrogens with two attached hydrogens (primary N) is 1. The number of carbonyl (C=O) groups excluding carboxylic acids is 1. The number of aromatic nitrogens is 1. The molecule has 18 heavy (non-hydrogen) atoms. The molecule has 94 valence electrons. The summed E-state index contributed by atoms with van der Waals surface area (Å²) in [5, 5.41) is 0.940. The summed E-state index contributed by atoms with van der Waals surface area (Å²) >= 11 is 7.05. The highest BCUT2D eigenvalue weighted by Crippen LogP contribution is 2.23. The number of esters is 1. The molecule has 2 N–H and O–H groups in total. The van der Waals surface area contributed by atoms with Gasteiger partial charge in [0.1, 0.15) is 17.2 Å². The second kappa shape index (κ2) is 5.37. The molecule has 1 heterocycles. The summed E-state index contributed by atoms with van der Waals surface area (Å²) in [4.78, 5) is 11.9. The second-order valence-corrected chi connectivity index (χ2v) is 4.89. The van der Waals surface area contributed by atoms with Crippen LogP contribution in [-0.4, -0.2) is 10.3 Å². The summed E-state index contributed by atoms with van der Waals surface area (Å²) in [5.41, 5.74) is 7.35. The fraction of sp³-hybridized carbons (Fsp3) is 0.167. The fourth-order valence-corrected chi connectivity index (χ4v) is 2.31. The molecular formula is C12H11ClN2O2S. The number of aryl methyl sites for hydroxylation is 1. The minimum absolute atomic E-state index is 0.118. The summed E-state index contributed by atoms with van der Waals surface area (Å²) in [6.45, 7) is 1.84. The zero-order chi connectivity index (χ0) is 13.1. The Balaban J connectivity index is 2.08. The molecule has 0 saturated carbocycles. The van der Waals surface area contributed by atoms with Crippen LogP contribution in [0.25, 0.3) is 0 Å². The Morgan fingerprint density at radius 2 is 2.22 bits per heavy atom. The Morgan fingerprint density at radius 3 is 2.83 bits per heavy atom. The Morgan fingerprint density at radius 1 is 1.50 bits per heavy atom. The number of nitrogen functional groups attached to an aromatic ring is 1. The number of rotatable bonds is 3. The quantitative estimate of drug-likeness (QED) is 0.879. The van der Waals surface area contributed by atoms with Gasteiger partial charge in [0.2, 0.25) is 0 Å². The summed E-state index contributed by atoms with van der Waals surface area (Å²) in [5.74, 6) is -0.473. The summed E-state index contributed by atoms with van der Waals surface area (Å²) in [6.07, 6.45) is 0. The second-order valence-electron chi connectivity index (χ2n) is 3.67. The Kier molecular flexibility index (Phi) is 3.84. The van der Waals surface area contributed by atoms with Crippen LogP contribution in [0.15, 0.2) is 24.3 Å². The summed E-state index contributed by atoms with van der Waals surface area (Å²) in [7, 11) is 0. The highest BCUT2D eigenvalue weighted by atomic mass is 35.5. The molecule has 0 aliphatic carbocycles. The van der Waals surface area contributed by atoms with E-state index < -0.39 is 5.97 Å². The topological polar surface area (TPSA) is 65.2 Å². The van der Waals surface area contributed by atoms with E-state index in [1.54, 1.807) is 19.1 Å². The molecule has 0 saturated heterocycles. The van der Waals surface area contributed by atoms with Gasteiger partial charge in [-0.2, -0.15) is 4.37 Å². The van der Waals surface area contributed by atoms with Crippen LogP contribution in [0.4, 0.5) is 5.00 Å². The standard InChI is InChI=1S/C12H11ClN2O2S/c1-7-10(11(14)18-15-7)12(16)17-6-8-4-2-3-5-9(8)13/h2-5H,6,14H2,1H3. The van der Waals surface area contributed by atoms with E-state index in [-0.39, 0.29) is 6.61 Å². The van der Waals surface area contributed by atoms with E-state index in [1.807, 2.05) is 12.1 Å². The maximum atomic E-state index is 11.9. The Labute approximate surface area is 114 Å². The molecule has 0 atom stereocenters. The number of hydrogen-bond acceptors (Lipinski definition) is 5. The predicted octanol–water partition coefficient (Wildman–Crippen LogP) is 3.04. The van der Waals surface area contributed by atoms with Crippen LogP contribution in [0.5, 0.6) is 0 Å². The lowest BCUT2D eigenvalue weighted by Crippen LogP contribution is -2.08. The fourth-order valence-electron chi connectivity index (χ4n) is 1.47. The lowest BCUT2D eigenvalue weighted by atomic mass is 10.2. The molecule has 4 nitrogen and oxygen atoms in total. The van der Waals surface area contributed by atoms with Gasteiger partial charge >= 0.3 is 5.97 Å². The van der Waals surface area contributed by atoms with Crippen molar-refractivity contribution < 1.29 is 9.53 Å². The molecular weight excluding hydrogens is 272 g/mol. The van der Waals surface area contributed by atoms with Crippen molar-refractivity contribution >= 4 is 34.1 Å². The van der Waals surface area contributed by atoms with E-state index in [2.05, 4.69) is 4.37 Å². The van der Waals surface area contributed by atoms with Crippen LogP contribution in [0, 0.1) is 6.92 Å². The van der Waals surface area contributed by atoms with Crippen LogP contribution in [0.1, 0.15) is 21.6 Å². The van der Waals surface area contributed by atoms with Gasteiger partial charge in [0.25, 0.3) is 0 Å². The van der Waals surface area contributed by atoms with Crippen molar-refractivity contribution in [2.45, 2.75) is 13.5 Å². The molecule has 2 rings (SSSR count). The number of hydrogen-bond donors (Lipinski definition) is 1. The van der Waals surface area contributed by atoms with Gasteiger partial charge in [-0.05, 0) is 24.5 Å². The minimum atomic E-state index is -0.473. The first-order valence-electron chi connectivity index (χ1n) is 5.22. The maximum Gasteiger partial charge on any atom is 0.343 e. The normalized spacial score (nSPS) is 10.3. The Bertz CT molecular complexity index is 564. The molecule has 1 aromatic heterocycles. The van der Waals surface area contributed by atoms with Gasteiger partial charge in [0.05, 0.1) is 5.69 Å². The van der Waals surface area contributed by atoms with Crippen molar-refractivity contribution in [3.8, 4) is 0 Å². The number of anilines is 1. The van der Waals surface area contributed by atoms with Crippen LogP contribution >= 0.6 is 23.1 Å². The predicted molar refractivity (Wildman–Crippen MR) is 71.8 cm³/mol. The number of benzene rings is 1. The smallest absolute Gasteiger partial charge is 0.343 e. The maximum absolute atomic E-state index is 11.9. The van der Waals surface area contributed by atoms with Crippen molar-refractivity contribution in [3.05, 3.63) is 46.1 Å². The zero-order valence-corrected chi connectivity index (χ0v) is 11.2. The van der Waals surface area contributed by atoms with Crippen LogP contribution in [-0.2, 0) is 11.3 Å². The van der Waals surface area contributed by atoms with E-state index in [4.69, 9.17) is 22.1 Å². The molecule has 0 amide bonds. The van der Waals surface area contributed by atoms with Crippen molar-refractivity contribution in [3.63, 3.8) is 0 Å². The zero-order valence-electron chi connectivity index (χ0n) is 9.64. The number of nitrogens with zero attached hydrogens (tertiary/aromatic N) is 1. The molecule has 0 aliphatic heterocycles. The lowest BCUT2D eigenvalue weighted by Gasteiger charge is -2.06. The largest absolute Gasteiger partial charge is 0.457 e. The molecule has 2 aromatic rings. The van der Waals surface area contributed by atoms with Crippen LogP contribution in [0.2, 0.25) is 5.02 Å². The van der Waals surface area contributed by atoms with Crippen LogP contribution < -0.4 is 5.73 Å². The van der Waals surface area contributed by atoms with Gasteiger partial charge in [-0.25, -0.2) is 4.79 Å². The first kappa shape index (κ1) is 12.9. The van der Waals surface area contributed by atoms with Crippen molar-refractivity contribution in [2.75, 3.05) is 5.73 Å². The van der Waals surface area contributed by atoms with E-state index in [0.717, 1.165) is 17.1 Å². The van der Waals surface area contributed by atoms with Crippen molar-refractivity contribution in [1.82, 2.24) is 4.37 Å². The third-order valence-electron chi connectivity index (χ3n) is 2.41. The van der Waals surface area contributed by atoms with E-state index in [0.29, 0.717) is 21.3 Å². The van der Waals surface area contributed by atoms with Crippen molar-refractivity contribution in [1.29, 1.82) is 0 Å². The highest BCUT2D eigenvalue weighted by Gasteiger charge is 2.18. The molecule has 0 fully saturated rings. The third kappa shape index (κ3) is 2.63. The third-order valence-corrected chi connectivity index (χ3v) is 3.54. The summed E-state index contributed by atoms with van der Waals surface area (Å²) < 4.78 is 9.18. The van der Waals surface area contributed by atoms with Crippen molar-refractivity contribution in [2.24, 2.45) is 0 Å². The number of halogens is 1. The Hall–Kier alpha value is -1.59. The van der Waals surface area contributed by atoms with Gasteiger partial charge in [-0.1, -0.05) is 29.8 Å². The number of carbonyl (C=O) groups is 1. The van der Waals surface area contributed by atoms with Gasteiger partial charge in [0.15, 0.2) is 0 Å². The SMILES string of the molecule is Cc1nsc(N)c1C(=O)OCc1ccccc1Cl. The average Bonchev–Trinajstić information content (AvgIpc) is 2.68. The first-order valence-corrected chi connectivity index (χ1v) is 6.37. The first-order chi connectivity index (χ1) is 8.59. The molecule has 1 aromatic carbocycles. The molecule has 6 heteroatoms. The average molecular weight is 283 g/mol. The van der Waals surface area contributed by atoms with Gasteiger partial charge in [0, 0.05) is 10.6 Å². The molecule has 0 bridgehead atoms.